The second-order valence-electron chi connectivity index (χ2n) is 3.43. The maximum atomic E-state index is 8.94. The Morgan fingerprint density at radius 2 is 2.35 bits per heavy atom. The van der Waals surface area contributed by atoms with Crippen molar-refractivity contribution < 1.29 is 13.9 Å². The van der Waals surface area contributed by atoms with Crippen LogP contribution in [0.2, 0.25) is 0 Å². The summed E-state index contributed by atoms with van der Waals surface area (Å²) < 4.78 is 10.6. The van der Waals surface area contributed by atoms with Gasteiger partial charge in [0.05, 0.1) is 17.6 Å². The quantitative estimate of drug-likeness (QED) is 0.650. The minimum absolute atomic E-state index is 0.155. The first-order valence-corrected chi connectivity index (χ1v) is 6.03. The van der Waals surface area contributed by atoms with Crippen LogP contribution < -0.4 is 0 Å². The van der Waals surface area contributed by atoms with Crippen molar-refractivity contribution in [2.75, 3.05) is 5.75 Å². The minimum atomic E-state index is 0.155. The average molecular weight is 252 g/mol. The highest BCUT2D eigenvalue weighted by Crippen LogP contribution is 2.26. The van der Waals surface area contributed by atoms with E-state index in [0.29, 0.717) is 23.3 Å². The zero-order chi connectivity index (χ0) is 12.3. The summed E-state index contributed by atoms with van der Waals surface area (Å²) in [6, 6.07) is 1.78. The lowest BCUT2D eigenvalue weighted by atomic mass is 10.3. The van der Waals surface area contributed by atoms with E-state index in [1.807, 2.05) is 6.92 Å². The van der Waals surface area contributed by atoms with E-state index in [1.165, 1.54) is 11.8 Å². The molecule has 2 heterocycles. The smallest absolute Gasteiger partial charge is 0.276 e. The van der Waals surface area contributed by atoms with E-state index < -0.39 is 0 Å². The van der Waals surface area contributed by atoms with Gasteiger partial charge in [-0.15, -0.1) is 10.2 Å². The summed E-state index contributed by atoms with van der Waals surface area (Å²) in [4.78, 5) is 0. The van der Waals surface area contributed by atoms with Gasteiger partial charge in [-0.25, -0.2) is 0 Å². The first kappa shape index (κ1) is 11.8. The van der Waals surface area contributed by atoms with E-state index >= 15 is 0 Å². The van der Waals surface area contributed by atoms with Crippen molar-refractivity contribution in [2.24, 2.45) is 0 Å². The third-order valence-corrected chi connectivity index (χ3v) is 2.93. The fourth-order valence-electron chi connectivity index (χ4n) is 1.24. The van der Waals surface area contributed by atoms with Crippen LogP contribution >= 0.6 is 11.8 Å². The number of allylic oxidation sites excluding steroid dienone is 1. The van der Waals surface area contributed by atoms with Crippen molar-refractivity contribution in [3.63, 3.8) is 0 Å². The molecule has 5 nitrogen and oxygen atoms in total. The van der Waals surface area contributed by atoms with Gasteiger partial charge in [0.1, 0.15) is 5.76 Å². The Bertz CT molecular complexity index is 518. The van der Waals surface area contributed by atoms with Crippen LogP contribution in [-0.2, 0) is 0 Å². The molecular formula is C11H12N2O3S. The molecule has 0 bridgehead atoms. The molecule has 0 amide bonds. The van der Waals surface area contributed by atoms with Gasteiger partial charge in [-0.3, -0.25) is 0 Å². The molecule has 0 aliphatic rings. The lowest BCUT2D eigenvalue weighted by Gasteiger charge is -1.94. The van der Waals surface area contributed by atoms with Crippen molar-refractivity contribution >= 4 is 11.8 Å². The molecule has 17 heavy (non-hydrogen) atoms. The Morgan fingerprint density at radius 1 is 1.53 bits per heavy atom. The van der Waals surface area contributed by atoms with Crippen LogP contribution in [0.1, 0.15) is 12.2 Å². The molecule has 6 heteroatoms. The number of aromatic nitrogens is 2. The molecule has 2 aromatic rings. The number of aliphatic hydroxyl groups excluding tert-OH is 1. The third kappa shape index (κ3) is 2.91. The van der Waals surface area contributed by atoms with Gasteiger partial charge in [-0.1, -0.05) is 18.3 Å². The molecule has 0 saturated carbocycles. The fraction of sp³-hybridized carbons (Fsp3) is 0.273. The number of hydrogen-bond donors (Lipinski definition) is 1. The van der Waals surface area contributed by atoms with E-state index in [2.05, 4.69) is 16.8 Å². The van der Waals surface area contributed by atoms with Crippen molar-refractivity contribution in [2.45, 2.75) is 18.6 Å². The van der Waals surface area contributed by atoms with Crippen LogP contribution in [0, 0.1) is 6.92 Å². The number of rotatable bonds is 5. The van der Waals surface area contributed by atoms with Gasteiger partial charge in [0.2, 0.25) is 0 Å². The van der Waals surface area contributed by atoms with Crippen molar-refractivity contribution in [1.82, 2.24) is 10.2 Å². The van der Waals surface area contributed by atoms with Crippen LogP contribution in [-0.4, -0.2) is 21.1 Å². The molecule has 0 atom stereocenters. The number of aryl methyl sites for hydroxylation is 1. The summed E-state index contributed by atoms with van der Waals surface area (Å²) in [5.74, 6) is 2.00. The summed E-state index contributed by atoms with van der Waals surface area (Å²) in [7, 11) is 0. The molecule has 0 unspecified atom stereocenters. The zero-order valence-corrected chi connectivity index (χ0v) is 10.2. The average Bonchev–Trinajstić information content (AvgIpc) is 2.86. The highest BCUT2D eigenvalue weighted by molar-refractivity contribution is 7.99. The van der Waals surface area contributed by atoms with Gasteiger partial charge in [0.25, 0.3) is 11.1 Å². The highest BCUT2D eigenvalue weighted by Gasteiger charge is 2.12. The zero-order valence-electron chi connectivity index (χ0n) is 9.34. The molecule has 0 aromatic carbocycles. The van der Waals surface area contributed by atoms with Crippen LogP contribution in [0.5, 0.6) is 0 Å². The molecular weight excluding hydrogens is 240 g/mol. The molecule has 0 fully saturated rings. The largest absolute Gasteiger partial charge is 0.513 e. The summed E-state index contributed by atoms with van der Waals surface area (Å²) in [6.07, 6.45) is 2.09. The Balaban J connectivity index is 2.01. The first-order valence-electron chi connectivity index (χ1n) is 5.04. The summed E-state index contributed by atoms with van der Waals surface area (Å²) in [5.41, 5.74) is 0.802. The van der Waals surface area contributed by atoms with Crippen molar-refractivity contribution in [3.05, 3.63) is 30.4 Å². The van der Waals surface area contributed by atoms with Gasteiger partial charge in [-0.05, 0) is 13.0 Å². The Kier molecular flexibility index (Phi) is 3.53. The topological polar surface area (TPSA) is 72.3 Å². The third-order valence-electron chi connectivity index (χ3n) is 2.11. The van der Waals surface area contributed by atoms with Crippen LogP contribution in [0.25, 0.3) is 11.5 Å². The summed E-state index contributed by atoms with van der Waals surface area (Å²) in [5, 5.41) is 17.2. The monoisotopic (exact) mass is 252 g/mol. The number of aliphatic hydroxyl groups is 1. The van der Waals surface area contributed by atoms with Gasteiger partial charge in [0.15, 0.2) is 0 Å². The van der Waals surface area contributed by atoms with Crippen molar-refractivity contribution in [1.29, 1.82) is 0 Å². The van der Waals surface area contributed by atoms with Gasteiger partial charge >= 0.3 is 0 Å². The van der Waals surface area contributed by atoms with E-state index in [4.69, 9.17) is 13.9 Å². The highest BCUT2D eigenvalue weighted by atomic mass is 32.2. The Hall–Kier alpha value is -1.69. The summed E-state index contributed by atoms with van der Waals surface area (Å²) in [6.45, 7) is 5.24. The maximum absolute atomic E-state index is 8.94. The second-order valence-corrected chi connectivity index (χ2v) is 4.47. The van der Waals surface area contributed by atoms with Crippen LogP contribution in [0.4, 0.5) is 0 Å². The number of furan rings is 1. The molecule has 0 radical (unpaired) electrons. The van der Waals surface area contributed by atoms with E-state index in [-0.39, 0.29) is 5.76 Å². The van der Waals surface area contributed by atoms with E-state index in [1.54, 1.807) is 12.3 Å². The van der Waals surface area contributed by atoms with Crippen LogP contribution in [0.15, 0.2) is 38.7 Å². The molecule has 1 N–H and O–H groups in total. The molecule has 0 aliphatic heterocycles. The Morgan fingerprint density at radius 3 is 3.00 bits per heavy atom. The lowest BCUT2D eigenvalue weighted by Crippen LogP contribution is -1.82. The minimum Gasteiger partial charge on any atom is -0.513 e. The Labute approximate surface area is 103 Å². The standard InChI is InChI=1S/C11H12N2O3S/c1-7(14)4-6-17-11-13-12-10(16-11)9-3-5-15-8(9)2/h3,5,14H,1,4,6H2,2H3. The van der Waals surface area contributed by atoms with E-state index in [9.17, 15) is 0 Å². The lowest BCUT2D eigenvalue weighted by molar-refractivity contribution is 0.398. The fourth-order valence-corrected chi connectivity index (χ4v) is 1.99. The number of nitrogens with zero attached hydrogens (tertiary/aromatic N) is 2. The number of thioether (sulfide) groups is 1. The van der Waals surface area contributed by atoms with Crippen LogP contribution in [0.3, 0.4) is 0 Å². The SMILES string of the molecule is C=C(O)CCSc1nnc(-c2ccoc2C)o1. The van der Waals surface area contributed by atoms with Crippen molar-refractivity contribution in [3.8, 4) is 11.5 Å². The number of hydrogen-bond acceptors (Lipinski definition) is 6. The molecule has 0 aliphatic carbocycles. The molecule has 90 valence electrons. The molecule has 2 aromatic heterocycles. The second kappa shape index (κ2) is 5.09. The summed E-state index contributed by atoms with van der Waals surface area (Å²) >= 11 is 1.38. The van der Waals surface area contributed by atoms with Gasteiger partial charge in [-0.2, -0.15) is 0 Å². The molecule has 0 saturated heterocycles. The maximum Gasteiger partial charge on any atom is 0.276 e. The first-order chi connectivity index (χ1) is 8.16. The predicted molar refractivity (Wildman–Crippen MR) is 63.8 cm³/mol. The predicted octanol–water partition coefficient (Wildman–Crippen LogP) is 3.19. The van der Waals surface area contributed by atoms with Gasteiger partial charge in [0, 0.05) is 12.2 Å². The molecule has 2 rings (SSSR count). The molecule has 0 spiro atoms. The normalized spacial score (nSPS) is 10.6. The van der Waals surface area contributed by atoms with E-state index in [0.717, 1.165) is 11.3 Å². The van der Waals surface area contributed by atoms with Gasteiger partial charge < -0.3 is 13.9 Å².